The van der Waals surface area contributed by atoms with Gasteiger partial charge in [0.1, 0.15) is 0 Å². The second-order valence-electron chi connectivity index (χ2n) is 3.73. The molecule has 82 valence electrons. The molecule has 0 saturated carbocycles. The lowest BCUT2D eigenvalue weighted by atomic mass is 10.0. The molecule has 15 heavy (non-hydrogen) atoms. The van der Waals surface area contributed by atoms with Crippen molar-refractivity contribution in [3.05, 3.63) is 29.8 Å². The largest absolute Gasteiger partial charge is 0.469 e. The topological polar surface area (TPSA) is 29.5 Å². The molecule has 1 atom stereocenters. The fourth-order valence-electron chi connectivity index (χ4n) is 1.37. The predicted octanol–water partition coefficient (Wildman–Crippen LogP) is 2.03. The maximum Gasteiger partial charge on any atom is 0.312 e. The summed E-state index contributed by atoms with van der Waals surface area (Å²) in [7, 11) is 5.38. The first kappa shape index (κ1) is 11.6. The van der Waals surface area contributed by atoms with E-state index < -0.39 is 0 Å². The van der Waals surface area contributed by atoms with Gasteiger partial charge < -0.3 is 9.64 Å². The number of benzene rings is 1. The van der Waals surface area contributed by atoms with Gasteiger partial charge in [-0.1, -0.05) is 12.1 Å². The molecular weight excluding hydrogens is 190 g/mol. The van der Waals surface area contributed by atoms with Crippen molar-refractivity contribution in [3.63, 3.8) is 0 Å². The van der Waals surface area contributed by atoms with Crippen molar-refractivity contribution in [1.29, 1.82) is 0 Å². The van der Waals surface area contributed by atoms with Crippen LogP contribution in [0.25, 0.3) is 0 Å². The Hall–Kier alpha value is -1.51. The Balaban J connectivity index is 2.84. The molecule has 1 unspecified atom stereocenters. The van der Waals surface area contributed by atoms with Crippen LogP contribution in [0.1, 0.15) is 18.4 Å². The van der Waals surface area contributed by atoms with Crippen LogP contribution in [0.15, 0.2) is 24.3 Å². The van der Waals surface area contributed by atoms with Crippen LogP contribution >= 0.6 is 0 Å². The van der Waals surface area contributed by atoms with Gasteiger partial charge in [0.05, 0.1) is 13.0 Å². The Morgan fingerprint density at radius 1 is 1.27 bits per heavy atom. The van der Waals surface area contributed by atoms with E-state index >= 15 is 0 Å². The summed E-state index contributed by atoms with van der Waals surface area (Å²) in [5.41, 5.74) is 2.10. The van der Waals surface area contributed by atoms with Gasteiger partial charge in [0.15, 0.2) is 0 Å². The van der Waals surface area contributed by atoms with Crippen molar-refractivity contribution in [2.24, 2.45) is 0 Å². The van der Waals surface area contributed by atoms with Gasteiger partial charge in [0.2, 0.25) is 0 Å². The maximum absolute atomic E-state index is 11.3. The second-order valence-corrected chi connectivity index (χ2v) is 3.73. The molecule has 0 N–H and O–H groups in total. The number of ether oxygens (including phenoxy) is 1. The van der Waals surface area contributed by atoms with Crippen molar-refractivity contribution in [2.75, 3.05) is 26.1 Å². The first-order valence-electron chi connectivity index (χ1n) is 4.91. The van der Waals surface area contributed by atoms with Crippen molar-refractivity contribution < 1.29 is 9.53 Å². The lowest BCUT2D eigenvalue weighted by Gasteiger charge is -2.14. The van der Waals surface area contributed by atoms with Crippen LogP contribution in [-0.2, 0) is 9.53 Å². The minimum atomic E-state index is -0.203. The summed E-state index contributed by atoms with van der Waals surface area (Å²) in [5.74, 6) is -0.404. The van der Waals surface area contributed by atoms with Gasteiger partial charge in [-0.15, -0.1) is 0 Å². The number of hydrogen-bond donors (Lipinski definition) is 0. The third-order valence-corrected chi connectivity index (χ3v) is 2.46. The minimum absolute atomic E-state index is 0.201. The van der Waals surface area contributed by atoms with Gasteiger partial charge in [-0.2, -0.15) is 0 Å². The zero-order valence-corrected chi connectivity index (χ0v) is 9.65. The molecule has 0 saturated heterocycles. The Kier molecular flexibility index (Phi) is 3.72. The van der Waals surface area contributed by atoms with Crippen molar-refractivity contribution in [1.82, 2.24) is 0 Å². The minimum Gasteiger partial charge on any atom is -0.469 e. The molecule has 1 rings (SSSR count). The first-order chi connectivity index (χ1) is 7.06. The Morgan fingerprint density at radius 3 is 2.20 bits per heavy atom. The maximum atomic E-state index is 11.3. The quantitative estimate of drug-likeness (QED) is 0.710. The van der Waals surface area contributed by atoms with Gasteiger partial charge in [-0.3, -0.25) is 4.79 Å². The molecule has 0 fully saturated rings. The smallest absolute Gasteiger partial charge is 0.312 e. The Morgan fingerprint density at radius 2 is 1.80 bits per heavy atom. The standard InChI is InChI=1S/C12H17NO2/c1-9(12(14)15-4)10-5-7-11(8-6-10)13(2)3/h5-9H,1-4H3. The van der Waals surface area contributed by atoms with E-state index in [1.807, 2.05) is 50.2 Å². The van der Waals surface area contributed by atoms with Crippen molar-refractivity contribution in [3.8, 4) is 0 Å². The van der Waals surface area contributed by atoms with Crippen LogP contribution < -0.4 is 4.90 Å². The van der Waals surface area contributed by atoms with E-state index in [9.17, 15) is 4.79 Å². The van der Waals surface area contributed by atoms with E-state index in [-0.39, 0.29) is 11.9 Å². The van der Waals surface area contributed by atoms with Crippen LogP contribution in [0, 0.1) is 0 Å². The van der Waals surface area contributed by atoms with E-state index in [1.165, 1.54) is 7.11 Å². The van der Waals surface area contributed by atoms with Gasteiger partial charge in [0, 0.05) is 19.8 Å². The van der Waals surface area contributed by atoms with Crippen LogP contribution in [0.2, 0.25) is 0 Å². The highest BCUT2D eigenvalue weighted by atomic mass is 16.5. The number of methoxy groups -OCH3 is 1. The highest BCUT2D eigenvalue weighted by Crippen LogP contribution is 2.20. The lowest BCUT2D eigenvalue weighted by Crippen LogP contribution is -2.12. The van der Waals surface area contributed by atoms with Crippen LogP contribution in [0.4, 0.5) is 5.69 Å². The van der Waals surface area contributed by atoms with E-state index in [0.29, 0.717) is 0 Å². The molecule has 1 aromatic carbocycles. The van der Waals surface area contributed by atoms with Gasteiger partial charge >= 0.3 is 5.97 Å². The summed E-state index contributed by atoms with van der Waals surface area (Å²) < 4.78 is 4.69. The summed E-state index contributed by atoms with van der Waals surface area (Å²) in [6, 6.07) is 7.90. The average Bonchev–Trinajstić information content (AvgIpc) is 2.27. The summed E-state index contributed by atoms with van der Waals surface area (Å²) in [6.07, 6.45) is 0. The third-order valence-electron chi connectivity index (χ3n) is 2.46. The highest BCUT2D eigenvalue weighted by molar-refractivity contribution is 5.77. The molecule has 0 radical (unpaired) electrons. The normalized spacial score (nSPS) is 12.0. The van der Waals surface area contributed by atoms with E-state index in [2.05, 4.69) is 0 Å². The molecule has 0 aromatic heterocycles. The zero-order valence-electron chi connectivity index (χ0n) is 9.65. The lowest BCUT2D eigenvalue weighted by molar-refractivity contribution is -0.141. The molecule has 3 heteroatoms. The number of esters is 1. The van der Waals surface area contributed by atoms with E-state index in [1.54, 1.807) is 0 Å². The number of rotatable bonds is 3. The monoisotopic (exact) mass is 207 g/mol. The van der Waals surface area contributed by atoms with Crippen molar-refractivity contribution in [2.45, 2.75) is 12.8 Å². The summed E-state index contributed by atoms with van der Waals surface area (Å²) in [6.45, 7) is 1.84. The Bertz CT molecular complexity index is 330. The van der Waals surface area contributed by atoms with Crippen LogP contribution in [0.3, 0.4) is 0 Å². The fourth-order valence-corrected chi connectivity index (χ4v) is 1.37. The highest BCUT2D eigenvalue weighted by Gasteiger charge is 2.14. The fraction of sp³-hybridized carbons (Fsp3) is 0.417. The third kappa shape index (κ3) is 2.72. The molecule has 0 spiro atoms. The first-order valence-corrected chi connectivity index (χ1v) is 4.91. The number of hydrogen-bond acceptors (Lipinski definition) is 3. The molecule has 0 aliphatic carbocycles. The number of nitrogens with zero attached hydrogens (tertiary/aromatic N) is 1. The van der Waals surface area contributed by atoms with Gasteiger partial charge in [0.25, 0.3) is 0 Å². The molecular formula is C12H17NO2. The molecule has 3 nitrogen and oxygen atoms in total. The van der Waals surface area contributed by atoms with Gasteiger partial charge in [-0.05, 0) is 24.6 Å². The second kappa shape index (κ2) is 4.82. The molecule has 0 aliphatic rings. The molecule has 0 heterocycles. The predicted molar refractivity (Wildman–Crippen MR) is 61.2 cm³/mol. The summed E-state index contributed by atoms with van der Waals surface area (Å²) in [4.78, 5) is 13.3. The molecule has 0 amide bonds. The zero-order chi connectivity index (χ0) is 11.4. The Labute approximate surface area is 90.7 Å². The van der Waals surface area contributed by atoms with Gasteiger partial charge in [-0.25, -0.2) is 0 Å². The SMILES string of the molecule is COC(=O)C(C)c1ccc(N(C)C)cc1. The molecule has 0 bridgehead atoms. The molecule has 1 aromatic rings. The van der Waals surface area contributed by atoms with Crippen molar-refractivity contribution >= 4 is 11.7 Å². The molecule has 0 aliphatic heterocycles. The van der Waals surface area contributed by atoms with E-state index in [4.69, 9.17) is 4.74 Å². The summed E-state index contributed by atoms with van der Waals surface area (Å²) >= 11 is 0. The average molecular weight is 207 g/mol. The number of carbonyl (C=O) groups excluding carboxylic acids is 1. The van der Waals surface area contributed by atoms with E-state index in [0.717, 1.165) is 11.3 Å². The summed E-state index contributed by atoms with van der Waals surface area (Å²) in [5, 5.41) is 0. The number of anilines is 1. The number of carbonyl (C=O) groups is 1. The van der Waals surface area contributed by atoms with Crippen LogP contribution in [-0.4, -0.2) is 27.2 Å². The van der Waals surface area contributed by atoms with Crippen LogP contribution in [0.5, 0.6) is 0 Å².